The quantitative estimate of drug-likeness (QED) is 0.660. The van der Waals surface area contributed by atoms with Crippen LogP contribution in [0.3, 0.4) is 0 Å². The van der Waals surface area contributed by atoms with Gasteiger partial charge in [-0.1, -0.05) is 0 Å². The summed E-state index contributed by atoms with van der Waals surface area (Å²) in [5, 5.41) is 2.86. The predicted octanol–water partition coefficient (Wildman–Crippen LogP) is 1.67. The minimum atomic E-state index is -5.67. The van der Waals surface area contributed by atoms with E-state index in [1.165, 1.54) is 6.07 Å². The number of nitrogens with one attached hydrogen (secondary N) is 1. The Bertz CT molecular complexity index is 557. The van der Waals surface area contributed by atoms with Crippen molar-refractivity contribution >= 4 is 15.9 Å². The summed E-state index contributed by atoms with van der Waals surface area (Å²) in [4.78, 5) is 3.70. The van der Waals surface area contributed by atoms with Gasteiger partial charge < -0.3 is 9.50 Å². The summed E-state index contributed by atoms with van der Waals surface area (Å²) in [6, 6.07) is 2.60. The molecular weight excluding hydrogens is 273 g/mol. The zero-order valence-electron chi connectivity index (χ0n) is 8.99. The summed E-state index contributed by atoms with van der Waals surface area (Å²) >= 11 is 0. The molecule has 1 N–H and O–H groups in total. The van der Waals surface area contributed by atoms with Crippen LogP contribution in [0, 0.1) is 0 Å². The Labute approximate surface area is 101 Å². The monoisotopic (exact) mass is 282 g/mol. The van der Waals surface area contributed by atoms with Gasteiger partial charge in [0, 0.05) is 12.6 Å². The Morgan fingerprint density at radius 2 is 2.06 bits per heavy atom. The standard InChI is InChI=1S/C9H9F3N2O3S/c10-9(11,12)18(15,16)17-7-4-3-6-2-1-5-13-8(6)14-7/h3-4H,1-2,5H2,(H,13,14). The number of aromatic nitrogens is 1. The summed E-state index contributed by atoms with van der Waals surface area (Å²) < 4.78 is 61.8. The lowest BCUT2D eigenvalue weighted by atomic mass is 10.1. The fourth-order valence-corrected chi connectivity index (χ4v) is 1.93. The van der Waals surface area contributed by atoms with Gasteiger partial charge in [-0.05, 0) is 24.5 Å². The normalized spacial score (nSPS) is 15.7. The molecule has 2 rings (SSSR count). The number of rotatable bonds is 2. The molecule has 0 unspecified atom stereocenters. The topological polar surface area (TPSA) is 68.3 Å². The van der Waals surface area contributed by atoms with E-state index in [1.807, 2.05) is 0 Å². The van der Waals surface area contributed by atoms with Crippen molar-refractivity contribution in [2.24, 2.45) is 0 Å². The van der Waals surface area contributed by atoms with Crippen molar-refractivity contribution < 1.29 is 25.8 Å². The van der Waals surface area contributed by atoms with Crippen LogP contribution in [0.15, 0.2) is 12.1 Å². The van der Waals surface area contributed by atoms with Gasteiger partial charge in [-0.3, -0.25) is 0 Å². The molecule has 18 heavy (non-hydrogen) atoms. The first kappa shape index (κ1) is 12.9. The zero-order valence-corrected chi connectivity index (χ0v) is 9.81. The number of nitrogens with zero attached hydrogens (tertiary/aromatic N) is 1. The van der Waals surface area contributed by atoms with Crippen LogP contribution in [0.4, 0.5) is 19.0 Å². The maximum atomic E-state index is 12.1. The van der Waals surface area contributed by atoms with E-state index < -0.39 is 21.5 Å². The molecule has 0 spiro atoms. The van der Waals surface area contributed by atoms with Gasteiger partial charge >= 0.3 is 15.6 Å². The molecule has 0 atom stereocenters. The molecule has 2 heterocycles. The fraction of sp³-hybridized carbons (Fsp3) is 0.444. The second-order valence-corrected chi connectivity index (χ2v) is 5.21. The second kappa shape index (κ2) is 4.30. The zero-order chi connectivity index (χ0) is 13.4. The lowest BCUT2D eigenvalue weighted by molar-refractivity contribution is -0.0501. The van der Waals surface area contributed by atoms with Crippen LogP contribution in [0.1, 0.15) is 12.0 Å². The van der Waals surface area contributed by atoms with E-state index in [2.05, 4.69) is 14.5 Å². The van der Waals surface area contributed by atoms with Crippen LogP contribution < -0.4 is 9.50 Å². The first-order chi connectivity index (χ1) is 8.29. The van der Waals surface area contributed by atoms with Crippen LogP contribution in [0.5, 0.6) is 5.88 Å². The number of hydrogen-bond acceptors (Lipinski definition) is 5. The minimum absolute atomic E-state index is 0.358. The average molecular weight is 282 g/mol. The highest BCUT2D eigenvalue weighted by Crippen LogP contribution is 2.28. The van der Waals surface area contributed by atoms with E-state index in [-0.39, 0.29) is 0 Å². The van der Waals surface area contributed by atoms with E-state index in [1.54, 1.807) is 0 Å². The number of anilines is 1. The average Bonchev–Trinajstić information content (AvgIpc) is 2.27. The van der Waals surface area contributed by atoms with Crippen molar-refractivity contribution in [1.82, 2.24) is 4.98 Å². The van der Waals surface area contributed by atoms with E-state index in [0.717, 1.165) is 24.5 Å². The molecule has 0 amide bonds. The van der Waals surface area contributed by atoms with Gasteiger partial charge in [0.15, 0.2) is 0 Å². The molecule has 0 saturated carbocycles. The molecule has 1 aromatic heterocycles. The van der Waals surface area contributed by atoms with Gasteiger partial charge in [-0.2, -0.15) is 26.6 Å². The van der Waals surface area contributed by atoms with Crippen LogP contribution in [0.25, 0.3) is 0 Å². The molecule has 1 aliphatic heterocycles. The number of fused-ring (bicyclic) bond motifs is 1. The highest BCUT2D eigenvalue weighted by atomic mass is 32.2. The molecule has 100 valence electrons. The number of aryl methyl sites for hydroxylation is 1. The number of hydrogen-bond donors (Lipinski definition) is 1. The van der Waals surface area contributed by atoms with Gasteiger partial charge in [0.05, 0.1) is 0 Å². The summed E-state index contributed by atoms with van der Waals surface area (Å²) in [6.45, 7) is 0.634. The lowest BCUT2D eigenvalue weighted by Gasteiger charge is -2.17. The molecular formula is C9H9F3N2O3S. The Balaban J connectivity index is 2.26. The van der Waals surface area contributed by atoms with E-state index in [0.29, 0.717) is 12.4 Å². The van der Waals surface area contributed by atoms with Gasteiger partial charge in [0.2, 0.25) is 5.88 Å². The molecule has 9 heteroatoms. The lowest BCUT2D eigenvalue weighted by Crippen LogP contribution is -2.28. The molecule has 0 radical (unpaired) electrons. The van der Waals surface area contributed by atoms with E-state index in [4.69, 9.17) is 0 Å². The highest BCUT2D eigenvalue weighted by Gasteiger charge is 2.48. The fourth-order valence-electron chi connectivity index (χ4n) is 1.52. The Morgan fingerprint density at radius 3 is 2.72 bits per heavy atom. The van der Waals surface area contributed by atoms with Crippen molar-refractivity contribution in [3.05, 3.63) is 17.7 Å². The minimum Gasteiger partial charge on any atom is -0.370 e. The maximum absolute atomic E-state index is 12.1. The third-order valence-corrected chi connectivity index (χ3v) is 3.30. The summed E-state index contributed by atoms with van der Waals surface area (Å²) in [6.07, 6.45) is 1.62. The first-order valence-corrected chi connectivity index (χ1v) is 6.45. The molecule has 0 saturated heterocycles. The van der Waals surface area contributed by atoms with Crippen molar-refractivity contribution in [1.29, 1.82) is 0 Å². The molecule has 0 fully saturated rings. The van der Waals surface area contributed by atoms with Crippen molar-refractivity contribution in [3.63, 3.8) is 0 Å². The number of halogens is 3. The van der Waals surface area contributed by atoms with Gasteiger partial charge in [-0.15, -0.1) is 0 Å². The van der Waals surface area contributed by atoms with Gasteiger partial charge in [-0.25, -0.2) is 0 Å². The van der Waals surface area contributed by atoms with Crippen LogP contribution in [-0.4, -0.2) is 25.5 Å². The molecule has 1 aliphatic rings. The highest BCUT2D eigenvalue weighted by molar-refractivity contribution is 7.87. The molecule has 0 aliphatic carbocycles. The predicted molar refractivity (Wildman–Crippen MR) is 56.7 cm³/mol. The van der Waals surface area contributed by atoms with Crippen LogP contribution in [-0.2, 0) is 16.5 Å². The Hall–Kier alpha value is -1.51. The van der Waals surface area contributed by atoms with Crippen molar-refractivity contribution in [2.75, 3.05) is 11.9 Å². The summed E-state index contributed by atoms with van der Waals surface area (Å²) in [5.74, 6) is -0.239. The first-order valence-electron chi connectivity index (χ1n) is 5.04. The van der Waals surface area contributed by atoms with E-state index >= 15 is 0 Å². The van der Waals surface area contributed by atoms with Gasteiger partial charge in [0.1, 0.15) is 5.82 Å². The second-order valence-electron chi connectivity index (χ2n) is 3.67. The third kappa shape index (κ3) is 2.50. The largest absolute Gasteiger partial charge is 0.534 e. The van der Waals surface area contributed by atoms with Crippen molar-refractivity contribution in [3.8, 4) is 5.88 Å². The van der Waals surface area contributed by atoms with E-state index in [9.17, 15) is 21.6 Å². The number of alkyl halides is 3. The molecule has 0 bridgehead atoms. The summed E-state index contributed by atoms with van der Waals surface area (Å²) in [5.41, 5.74) is -4.64. The maximum Gasteiger partial charge on any atom is 0.534 e. The third-order valence-electron chi connectivity index (χ3n) is 2.35. The van der Waals surface area contributed by atoms with Crippen molar-refractivity contribution in [2.45, 2.75) is 18.3 Å². The molecule has 5 nitrogen and oxygen atoms in total. The smallest absolute Gasteiger partial charge is 0.370 e. The van der Waals surface area contributed by atoms with Gasteiger partial charge in [0.25, 0.3) is 0 Å². The molecule has 0 aromatic carbocycles. The Morgan fingerprint density at radius 1 is 1.33 bits per heavy atom. The Kier molecular flexibility index (Phi) is 3.09. The van der Waals surface area contributed by atoms with Crippen LogP contribution in [0.2, 0.25) is 0 Å². The SMILES string of the molecule is O=S(=O)(Oc1ccc2c(n1)NCCC2)C(F)(F)F. The summed E-state index contributed by atoms with van der Waals surface area (Å²) in [7, 11) is -5.67. The molecule has 1 aromatic rings. The number of pyridine rings is 1. The van der Waals surface area contributed by atoms with Crippen LogP contribution >= 0.6 is 0 Å².